The average molecular weight is 449 g/mol. The Morgan fingerprint density at radius 2 is 1.85 bits per heavy atom. The van der Waals surface area contributed by atoms with Crippen molar-refractivity contribution in [1.29, 1.82) is 0 Å². The largest absolute Gasteiger partial charge is 0.354 e. The summed E-state index contributed by atoms with van der Waals surface area (Å²) in [7, 11) is 0. The number of rotatable bonds is 4. The second kappa shape index (κ2) is 7.95. The Labute approximate surface area is 192 Å². The molecular weight excluding hydrogens is 420 g/mol. The molecule has 4 aliphatic rings. The first-order valence-corrected chi connectivity index (χ1v) is 11.8. The minimum atomic E-state index is -0.867. The van der Waals surface area contributed by atoms with Crippen LogP contribution in [-0.2, 0) is 16.0 Å². The number of nitrogens with one attached hydrogen (secondary N) is 3. The van der Waals surface area contributed by atoms with E-state index >= 15 is 0 Å². The van der Waals surface area contributed by atoms with Crippen LogP contribution in [0.3, 0.4) is 0 Å². The maximum atomic E-state index is 12.9. The van der Waals surface area contributed by atoms with Gasteiger partial charge in [-0.15, -0.1) is 0 Å². The predicted octanol–water partition coefficient (Wildman–Crippen LogP) is 1.12. The first-order chi connectivity index (χ1) is 16.1. The van der Waals surface area contributed by atoms with E-state index in [1.807, 2.05) is 12.1 Å². The molecule has 1 unspecified atom stereocenters. The van der Waals surface area contributed by atoms with Gasteiger partial charge < -0.3 is 20.4 Å². The Hall–Kier alpha value is -3.27. The van der Waals surface area contributed by atoms with Gasteiger partial charge in [-0.2, -0.15) is 4.98 Å². The first-order valence-electron chi connectivity index (χ1n) is 11.8. The van der Waals surface area contributed by atoms with E-state index in [4.69, 9.17) is 4.98 Å². The summed E-state index contributed by atoms with van der Waals surface area (Å²) in [5.74, 6) is 1.78. The quantitative estimate of drug-likeness (QED) is 0.592. The van der Waals surface area contributed by atoms with Gasteiger partial charge in [0.1, 0.15) is 17.2 Å². The van der Waals surface area contributed by atoms with E-state index in [0.717, 1.165) is 74.7 Å². The lowest BCUT2D eigenvalue weighted by molar-refractivity contribution is -0.126. The number of pyridine rings is 1. The summed E-state index contributed by atoms with van der Waals surface area (Å²) < 4.78 is 0. The van der Waals surface area contributed by atoms with Gasteiger partial charge in [0.05, 0.1) is 18.3 Å². The van der Waals surface area contributed by atoms with Crippen molar-refractivity contribution >= 4 is 35.1 Å². The van der Waals surface area contributed by atoms with Crippen LogP contribution in [0.1, 0.15) is 37.7 Å². The second-order valence-corrected chi connectivity index (χ2v) is 9.38. The van der Waals surface area contributed by atoms with Gasteiger partial charge in [-0.25, -0.2) is 9.97 Å². The molecule has 172 valence electrons. The van der Waals surface area contributed by atoms with Crippen molar-refractivity contribution in [3.8, 4) is 0 Å². The number of hydrogen-bond acceptors (Lipinski definition) is 9. The summed E-state index contributed by atoms with van der Waals surface area (Å²) >= 11 is 0. The van der Waals surface area contributed by atoms with Gasteiger partial charge in [0.25, 0.3) is 5.91 Å². The zero-order chi connectivity index (χ0) is 22.4. The molecule has 10 heteroatoms. The minimum absolute atomic E-state index is 0.179. The van der Waals surface area contributed by atoms with Gasteiger partial charge in [0.15, 0.2) is 0 Å². The highest BCUT2D eigenvalue weighted by Crippen LogP contribution is 2.46. The third-order valence-corrected chi connectivity index (χ3v) is 7.28. The van der Waals surface area contributed by atoms with Crippen molar-refractivity contribution in [3.05, 3.63) is 30.1 Å². The highest BCUT2D eigenvalue weighted by molar-refractivity contribution is 6.11. The normalized spacial score (nSPS) is 25.1. The molecule has 2 amide bonds. The topological polar surface area (TPSA) is 115 Å². The van der Waals surface area contributed by atoms with Crippen molar-refractivity contribution in [3.63, 3.8) is 0 Å². The fourth-order valence-corrected chi connectivity index (χ4v) is 5.72. The lowest BCUT2D eigenvalue weighted by Crippen LogP contribution is -2.56. The Morgan fingerprint density at radius 1 is 1.03 bits per heavy atom. The third kappa shape index (κ3) is 3.49. The number of nitrogens with zero attached hydrogens (tertiary/aromatic N) is 5. The summed E-state index contributed by atoms with van der Waals surface area (Å²) in [6, 6.07) is 4.21. The van der Waals surface area contributed by atoms with Crippen LogP contribution >= 0.6 is 0 Å². The SMILES string of the molecule is O=C1CC2(Cc3cnc(Nc4ccc(N5CCNCC5)nc4)nc3N2C2CCCC2)C(=O)N1. The Balaban J connectivity index is 1.27. The number of imide groups is 1. The fraction of sp³-hybridized carbons (Fsp3) is 0.522. The number of anilines is 4. The van der Waals surface area contributed by atoms with Crippen LogP contribution in [0.2, 0.25) is 0 Å². The van der Waals surface area contributed by atoms with Gasteiger partial charge in [-0.1, -0.05) is 12.8 Å². The fourth-order valence-electron chi connectivity index (χ4n) is 5.72. The van der Waals surface area contributed by atoms with Crippen LogP contribution in [0.5, 0.6) is 0 Å². The van der Waals surface area contributed by atoms with Gasteiger partial charge in [0.2, 0.25) is 11.9 Å². The molecule has 2 saturated heterocycles. The van der Waals surface area contributed by atoms with Gasteiger partial charge in [-0.05, 0) is 25.0 Å². The molecule has 10 nitrogen and oxygen atoms in total. The monoisotopic (exact) mass is 448 g/mol. The lowest BCUT2D eigenvalue weighted by atomic mass is 9.91. The summed E-state index contributed by atoms with van der Waals surface area (Å²) in [5.41, 5.74) is 0.862. The van der Waals surface area contributed by atoms with Crippen molar-refractivity contribution in [2.45, 2.75) is 50.1 Å². The third-order valence-electron chi connectivity index (χ3n) is 7.28. The zero-order valence-electron chi connectivity index (χ0n) is 18.5. The lowest BCUT2D eigenvalue weighted by Gasteiger charge is -2.38. The number of piperazine rings is 1. The summed E-state index contributed by atoms with van der Waals surface area (Å²) in [4.78, 5) is 43.4. The van der Waals surface area contributed by atoms with E-state index in [1.165, 1.54) is 0 Å². The van der Waals surface area contributed by atoms with Crippen LogP contribution in [0.4, 0.5) is 23.3 Å². The molecule has 33 heavy (non-hydrogen) atoms. The summed E-state index contributed by atoms with van der Waals surface area (Å²) in [6.07, 6.45) is 8.51. The molecular formula is C23H28N8O2. The molecule has 3 fully saturated rings. The van der Waals surface area contributed by atoms with E-state index in [-0.39, 0.29) is 24.3 Å². The molecule has 2 aromatic rings. The molecule has 6 rings (SSSR count). The number of amides is 2. The molecule has 2 aromatic heterocycles. The van der Waals surface area contributed by atoms with Crippen LogP contribution in [0, 0.1) is 0 Å². The second-order valence-electron chi connectivity index (χ2n) is 9.38. The minimum Gasteiger partial charge on any atom is -0.354 e. The molecule has 1 spiro atoms. The molecule has 1 saturated carbocycles. The van der Waals surface area contributed by atoms with E-state index in [9.17, 15) is 9.59 Å². The number of aromatic nitrogens is 3. The van der Waals surface area contributed by atoms with Gasteiger partial charge in [-0.3, -0.25) is 14.9 Å². The van der Waals surface area contributed by atoms with Crippen LogP contribution in [0.15, 0.2) is 24.5 Å². The van der Waals surface area contributed by atoms with Crippen molar-refractivity contribution < 1.29 is 9.59 Å². The zero-order valence-corrected chi connectivity index (χ0v) is 18.5. The summed E-state index contributed by atoms with van der Waals surface area (Å²) in [6.45, 7) is 3.82. The Bertz CT molecular complexity index is 1080. The van der Waals surface area contributed by atoms with Crippen LogP contribution < -0.4 is 25.8 Å². The van der Waals surface area contributed by atoms with Crippen molar-refractivity contribution in [2.24, 2.45) is 0 Å². The molecule has 3 N–H and O–H groups in total. The molecule has 0 bridgehead atoms. The highest BCUT2D eigenvalue weighted by Gasteiger charge is 2.58. The molecule has 0 radical (unpaired) electrons. The number of fused-ring (bicyclic) bond motifs is 1. The van der Waals surface area contributed by atoms with E-state index in [2.05, 4.69) is 35.7 Å². The molecule has 1 aliphatic carbocycles. The average Bonchev–Trinajstić information content (AvgIpc) is 3.52. The van der Waals surface area contributed by atoms with Gasteiger partial charge >= 0.3 is 0 Å². The first kappa shape index (κ1) is 20.3. The number of hydrogen-bond donors (Lipinski definition) is 3. The highest BCUT2D eigenvalue weighted by atomic mass is 16.2. The summed E-state index contributed by atoms with van der Waals surface area (Å²) in [5, 5.41) is 9.14. The number of carbonyl (C=O) groups excluding carboxylic acids is 2. The van der Waals surface area contributed by atoms with Crippen LogP contribution in [0.25, 0.3) is 0 Å². The molecule has 5 heterocycles. The predicted molar refractivity (Wildman–Crippen MR) is 124 cm³/mol. The van der Waals surface area contributed by atoms with Crippen molar-refractivity contribution in [1.82, 2.24) is 25.6 Å². The molecule has 3 aliphatic heterocycles. The molecule has 1 atom stereocenters. The maximum Gasteiger partial charge on any atom is 0.253 e. The van der Waals surface area contributed by atoms with E-state index in [1.54, 1.807) is 12.4 Å². The van der Waals surface area contributed by atoms with E-state index < -0.39 is 5.54 Å². The smallest absolute Gasteiger partial charge is 0.253 e. The Kier molecular flexibility index (Phi) is 4.90. The van der Waals surface area contributed by atoms with Crippen LogP contribution in [-0.4, -0.2) is 64.5 Å². The number of carbonyl (C=O) groups is 2. The molecule has 0 aromatic carbocycles. The maximum absolute atomic E-state index is 12.9. The van der Waals surface area contributed by atoms with Crippen molar-refractivity contribution in [2.75, 3.05) is 41.3 Å². The van der Waals surface area contributed by atoms with Gasteiger partial charge in [0, 0.05) is 50.4 Å². The standard InChI is InChI=1S/C23H28N8O2/c32-19-12-23(21(33)28-19)11-15-13-26-22(29-20(15)31(23)17-3-1-2-4-17)27-16-5-6-18(25-14-16)30-9-7-24-8-10-30/h5-6,13-14,17,24H,1-4,7-12H2,(H,26,27,29)(H,28,32,33). The Morgan fingerprint density at radius 3 is 2.55 bits per heavy atom. The van der Waals surface area contributed by atoms with E-state index in [0.29, 0.717) is 12.4 Å².